The summed E-state index contributed by atoms with van der Waals surface area (Å²) in [6.07, 6.45) is 4.14. The van der Waals surface area contributed by atoms with Crippen molar-refractivity contribution < 1.29 is 4.42 Å². The minimum absolute atomic E-state index is 0.743. The highest BCUT2D eigenvalue weighted by Crippen LogP contribution is 2.28. The van der Waals surface area contributed by atoms with Gasteiger partial charge in [-0.15, -0.1) is 0 Å². The number of fused-ring (bicyclic) bond motifs is 1. The number of para-hydroxylation sites is 2. The number of hydrogen-bond acceptors (Lipinski definition) is 2. The summed E-state index contributed by atoms with van der Waals surface area (Å²) in [5.41, 5.74) is 4.27. The van der Waals surface area contributed by atoms with Crippen LogP contribution in [-0.4, -0.2) is 14.5 Å². The molecule has 0 radical (unpaired) electrons. The van der Waals surface area contributed by atoms with Gasteiger partial charge in [-0.3, -0.25) is 0 Å². The molecule has 5 rings (SSSR count). The molecule has 26 heavy (non-hydrogen) atoms. The van der Waals surface area contributed by atoms with Crippen molar-refractivity contribution in [1.82, 2.24) is 14.5 Å². The highest BCUT2D eigenvalue weighted by atomic mass is 16.3. The molecule has 0 spiro atoms. The van der Waals surface area contributed by atoms with Crippen LogP contribution in [-0.2, 0) is 6.54 Å². The van der Waals surface area contributed by atoms with E-state index in [0.717, 1.165) is 40.5 Å². The topological polar surface area (TPSA) is 46.8 Å². The van der Waals surface area contributed by atoms with E-state index in [1.807, 2.05) is 48.5 Å². The van der Waals surface area contributed by atoms with Crippen LogP contribution in [0, 0.1) is 0 Å². The second-order valence-corrected chi connectivity index (χ2v) is 6.32. The molecule has 2 aromatic carbocycles. The van der Waals surface area contributed by atoms with Crippen molar-refractivity contribution in [2.45, 2.75) is 6.54 Å². The van der Waals surface area contributed by atoms with Gasteiger partial charge in [0.25, 0.3) is 0 Å². The molecular formula is C22H17N3O. The Morgan fingerprint density at radius 3 is 2.38 bits per heavy atom. The van der Waals surface area contributed by atoms with Gasteiger partial charge in [-0.25, -0.2) is 4.98 Å². The Balaban J connectivity index is 1.40. The van der Waals surface area contributed by atoms with E-state index in [9.17, 15) is 0 Å². The van der Waals surface area contributed by atoms with Crippen molar-refractivity contribution in [3.05, 3.63) is 90.8 Å². The number of nitrogens with zero attached hydrogens (tertiary/aromatic N) is 2. The summed E-state index contributed by atoms with van der Waals surface area (Å²) >= 11 is 0. The summed E-state index contributed by atoms with van der Waals surface area (Å²) in [5.74, 6) is 2.34. The zero-order chi connectivity index (χ0) is 17.3. The highest BCUT2D eigenvalue weighted by molar-refractivity contribution is 5.78. The molecule has 0 amide bonds. The largest absolute Gasteiger partial charge is 0.453 e. The summed E-state index contributed by atoms with van der Waals surface area (Å²) < 4.78 is 8.19. The van der Waals surface area contributed by atoms with Gasteiger partial charge in [-0.1, -0.05) is 36.4 Å². The molecule has 4 heteroatoms. The Morgan fingerprint density at radius 1 is 0.808 bits per heavy atom. The maximum absolute atomic E-state index is 6.03. The first-order valence-electron chi connectivity index (χ1n) is 8.60. The lowest BCUT2D eigenvalue weighted by molar-refractivity contribution is 0.593. The Labute approximate surface area is 150 Å². The molecule has 3 heterocycles. The smallest absolute Gasteiger partial charge is 0.174 e. The summed E-state index contributed by atoms with van der Waals surface area (Å²) in [7, 11) is 0. The normalized spacial score (nSPS) is 11.2. The van der Waals surface area contributed by atoms with Crippen LogP contribution < -0.4 is 0 Å². The number of aromatic amines is 1. The van der Waals surface area contributed by atoms with Crippen molar-refractivity contribution in [2.75, 3.05) is 0 Å². The number of rotatable bonds is 4. The minimum Gasteiger partial charge on any atom is -0.453 e. The van der Waals surface area contributed by atoms with Crippen LogP contribution in [0.2, 0.25) is 0 Å². The van der Waals surface area contributed by atoms with Crippen molar-refractivity contribution >= 4 is 11.0 Å². The van der Waals surface area contributed by atoms with Gasteiger partial charge in [-0.05, 0) is 42.0 Å². The van der Waals surface area contributed by atoms with Gasteiger partial charge in [-0.2, -0.15) is 0 Å². The number of imidazole rings is 1. The molecule has 0 unspecified atom stereocenters. The van der Waals surface area contributed by atoms with E-state index >= 15 is 0 Å². The monoisotopic (exact) mass is 339 g/mol. The lowest BCUT2D eigenvalue weighted by Crippen LogP contribution is -1.95. The van der Waals surface area contributed by atoms with E-state index in [1.54, 1.807) is 0 Å². The van der Waals surface area contributed by atoms with Gasteiger partial charge < -0.3 is 14.0 Å². The number of H-pyrrole nitrogens is 1. The number of hydrogen-bond donors (Lipinski definition) is 1. The van der Waals surface area contributed by atoms with E-state index < -0.39 is 0 Å². The molecule has 0 fully saturated rings. The molecule has 3 aromatic heterocycles. The van der Waals surface area contributed by atoms with Crippen LogP contribution in [0.5, 0.6) is 0 Å². The molecule has 0 aliphatic carbocycles. The first kappa shape index (κ1) is 14.8. The molecule has 0 aliphatic rings. The first-order chi connectivity index (χ1) is 12.8. The van der Waals surface area contributed by atoms with Crippen LogP contribution >= 0.6 is 0 Å². The molecule has 1 N–H and O–H groups in total. The van der Waals surface area contributed by atoms with E-state index in [-0.39, 0.29) is 0 Å². The Morgan fingerprint density at radius 2 is 1.58 bits per heavy atom. The number of aromatic nitrogens is 3. The Kier molecular flexibility index (Phi) is 3.46. The maximum atomic E-state index is 6.03. The lowest BCUT2D eigenvalue weighted by Gasteiger charge is -2.04. The number of furan rings is 1. The number of benzene rings is 2. The molecule has 0 saturated heterocycles. The van der Waals surface area contributed by atoms with Crippen molar-refractivity contribution in [3.63, 3.8) is 0 Å². The van der Waals surface area contributed by atoms with Crippen molar-refractivity contribution in [2.24, 2.45) is 0 Å². The Bertz CT molecular complexity index is 1110. The van der Waals surface area contributed by atoms with Crippen LogP contribution in [0.3, 0.4) is 0 Å². The maximum Gasteiger partial charge on any atom is 0.174 e. The molecule has 0 aliphatic heterocycles. The van der Waals surface area contributed by atoms with E-state index in [1.165, 1.54) is 5.56 Å². The highest BCUT2D eigenvalue weighted by Gasteiger charge is 2.11. The predicted octanol–water partition coefficient (Wildman–Crippen LogP) is 5.34. The zero-order valence-electron chi connectivity index (χ0n) is 14.1. The quantitative estimate of drug-likeness (QED) is 0.480. The van der Waals surface area contributed by atoms with Gasteiger partial charge in [0.05, 0.1) is 11.0 Å². The van der Waals surface area contributed by atoms with Gasteiger partial charge in [0.1, 0.15) is 5.76 Å². The molecule has 0 saturated carbocycles. The average Bonchev–Trinajstić information content (AvgIpc) is 3.42. The summed E-state index contributed by atoms with van der Waals surface area (Å²) in [6, 6.07) is 24.5. The zero-order valence-corrected chi connectivity index (χ0v) is 14.1. The molecule has 126 valence electrons. The molecule has 0 atom stereocenters. The third kappa shape index (κ3) is 2.71. The number of nitrogens with one attached hydrogen (secondary N) is 1. The first-order valence-corrected chi connectivity index (χ1v) is 8.60. The molecular weight excluding hydrogens is 322 g/mol. The molecule has 5 aromatic rings. The molecule has 4 nitrogen and oxygen atoms in total. The fourth-order valence-electron chi connectivity index (χ4n) is 3.15. The summed E-state index contributed by atoms with van der Waals surface area (Å²) in [6.45, 7) is 0.871. The van der Waals surface area contributed by atoms with Gasteiger partial charge in [0, 0.05) is 24.5 Å². The lowest BCUT2D eigenvalue weighted by atomic mass is 10.1. The standard InChI is InChI=1S/C22H17N3O/c1-2-6-19-18(5-1)23-22(24-19)21-12-11-20(26-21)17-9-7-16(8-10-17)15-25-13-3-4-14-25/h1-14H,15H2,(H,23,24). The predicted molar refractivity (Wildman–Crippen MR) is 103 cm³/mol. The minimum atomic E-state index is 0.743. The SMILES string of the molecule is c1ccc2[nH]c(-c3ccc(-c4ccc(Cn5cccc5)cc4)o3)nc2c1. The third-order valence-corrected chi connectivity index (χ3v) is 4.50. The van der Waals surface area contributed by atoms with E-state index in [4.69, 9.17) is 4.42 Å². The Hall–Kier alpha value is -3.53. The summed E-state index contributed by atoms with van der Waals surface area (Å²) in [4.78, 5) is 7.90. The van der Waals surface area contributed by atoms with E-state index in [2.05, 4.69) is 51.2 Å². The second kappa shape index (κ2) is 6.08. The van der Waals surface area contributed by atoms with Crippen LogP contribution in [0.25, 0.3) is 33.9 Å². The second-order valence-electron chi connectivity index (χ2n) is 6.32. The summed E-state index contributed by atoms with van der Waals surface area (Å²) in [5, 5.41) is 0. The fraction of sp³-hybridized carbons (Fsp3) is 0.0455. The third-order valence-electron chi connectivity index (χ3n) is 4.50. The van der Waals surface area contributed by atoms with Crippen molar-refractivity contribution in [3.8, 4) is 22.9 Å². The van der Waals surface area contributed by atoms with Gasteiger partial charge >= 0.3 is 0 Å². The van der Waals surface area contributed by atoms with Gasteiger partial charge in [0.15, 0.2) is 11.6 Å². The van der Waals surface area contributed by atoms with E-state index in [0.29, 0.717) is 0 Å². The average molecular weight is 339 g/mol. The van der Waals surface area contributed by atoms with Crippen LogP contribution in [0.1, 0.15) is 5.56 Å². The molecule has 0 bridgehead atoms. The van der Waals surface area contributed by atoms with Gasteiger partial charge in [0.2, 0.25) is 0 Å². The van der Waals surface area contributed by atoms with Crippen molar-refractivity contribution in [1.29, 1.82) is 0 Å². The fourth-order valence-corrected chi connectivity index (χ4v) is 3.15. The van der Waals surface area contributed by atoms with Crippen LogP contribution in [0.15, 0.2) is 89.6 Å². The van der Waals surface area contributed by atoms with Crippen LogP contribution in [0.4, 0.5) is 0 Å².